The van der Waals surface area contributed by atoms with E-state index in [-0.39, 0.29) is 0 Å². The van der Waals surface area contributed by atoms with Crippen LogP contribution in [0.3, 0.4) is 0 Å². The number of nitrogens with zero attached hydrogens (tertiary/aromatic N) is 4. The van der Waals surface area contributed by atoms with E-state index in [1.165, 1.54) is 11.3 Å². The lowest BCUT2D eigenvalue weighted by atomic mass is 10.5. The summed E-state index contributed by atoms with van der Waals surface area (Å²) in [5.41, 5.74) is 2.55. The summed E-state index contributed by atoms with van der Waals surface area (Å²) in [4.78, 5) is 8.21. The van der Waals surface area contributed by atoms with Crippen molar-refractivity contribution in [1.29, 1.82) is 0 Å². The van der Waals surface area contributed by atoms with E-state index in [0.717, 1.165) is 10.8 Å². The van der Waals surface area contributed by atoms with Crippen LogP contribution in [0.25, 0.3) is 0 Å². The van der Waals surface area contributed by atoms with Crippen LogP contribution in [0.2, 0.25) is 0 Å². The summed E-state index contributed by atoms with van der Waals surface area (Å²) in [7, 11) is 0. The third-order valence-corrected chi connectivity index (χ3v) is 1.98. The van der Waals surface area contributed by atoms with E-state index in [2.05, 4.69) is 25.5 Å². The van der Waals surface area contributed by atoms with Crippen LogP contribution in [0.4, 0.5) is 10.9 Å². The van der Waals surface area contributed by atoms with Gasteiger partial charge in [0, 0.05) is 0 Å². The van der Waals surface area contributed by atoms with Gasteiger partial charge in [0.2, 0.25) is 5.13 Å². The second kappa shape index (κ2) is 3.44. The van der Waals surface area contributed by atoms with E-state index >= 15 is 0 Å². The molecule has 0 saturated heterocycles. The molecular formula is C7H7N5S. The second-order valence-electron chi connectivity index (χ2n) is 2.41. The average Bonchev–Trinajstić information content (AvgIpc) is 2.62. The van der Waals surface area contributed by atoms with Crippen molar-refractivity contribution >= 4 is 22.3 Å². The van der Waals surface area contributed by atoms with E-state index in [0.29, 0.717) is 5.82 Å². The molecule has 0 unspecified atom stereocenters. The fourth-order valence-corrected chi connectivity index (χ4v) is 1.25. The van der Waals surface area contributed by atoms with Crippen LogP contribution < -0.4 is 5.32 Å². The summed E-state index contributed by atoms with van der Waals surface area (Å²) in [6, 6.07) is 0. The van der Waals surface area contributed by atoms with Gasteiger partial charge in [0.15, 0.2) is 5.82 Å². The number of anilines is 2. The Morgan fingerprint density at radius 3 is 2.85 bits per heavy atom. The van der Waals surface area contributed by atoms with Gasteiger partial charge in [-0.1, -0.05) is 11.3 Å². The molecule has 0 aliphatic carbocycles. The smallest absolute Gasteiger partial charge is 0.211 e. The van der Waals surface area contributed by atoms with Crippen molar-refractivity contribution in [3.8, 4) is 0 Å². The molecule has 2 aromatic heterocycles. The first-order valence-corrected chi connectivity index (χ1v) is 4.54. The Bertz CT molecular complexity index is 368. The highest BCUT2D eigenvalue weighted by atomic mass is 32.1. The summed E-state index contributed by atoms with van der Waals surface area (Å²) in [6.07, 6.45) is 3.36. The van der Waals surface area contributed by atoms with E-state index < -0.39 is 0 Å². The Balaban J connectivity index is 2.15. The molecule has 2 aromatic rings. The lowest BCUT2D eigenvalue weighted by molar-refractivity contribution is 1.08. The van der Waals surface area contributed by atoms with Crippen LogP contribution >= 0.6 is 11.3 Å². The SMILES string of the molecule is Cc1cnc(Nc2nncs2)cn1. The van der Waals surface area contributed by atoms with E-state index in [4.69, 9.17) is 0 Å². The molecule has 0 aromatic carbocycles. The fraction of sp³-hybridized carbons (Fsp3) is 0.143. The zero-order valence-electron chi connectivity index (χ0n) is 6.93. The van der Waals surface area contributed by atoms with E-state index in [9.17, 15) is 0 Å². The molecule has 2 rings (SSSR count). The van der Waals surface area contributed by atoms with Gasteiger partial charge in [-0.3, -0.25) is 4.98 Å². The van der Waals surface area contributed by atoms with Gasteiger partial charge >= 0.3 is 0 Å². The Hall–Kier alpha value is -1.56. The normalized spacial score (nSPS) is 9.92. The second-order valence-corrected chi connectivity index (χ2v) is 3.25. The summed E-state index contributed by atoms with van der Waals surface area (Å²) < 4.78 is 0. The van der Waals surface area contributed by atoms with Gasteiger partial charge < -0.3 is 5.32 Å². The summed E-state index contributed by atoms with van der Waals surface area (Å²) in [5.74, 6) is 0.683. The molecule has 0 spiro atoms. The Morgan fingerprint density at radius 2 is 2.23 bits per heavy atom. The molecule has 0 aliphatic heterocycles. The monoisotopic (exact) mass is 193 g/mol. The highest BCUT2D eigenvalue weighted by molar-refractivity contribution is 7.13. The lowest BCUT2D eigenvalue weighted by Gasteiger charge is -1.98. The predicted molar refractivity (Wildman–Crippen MR) is 50.0 cm³/mol. The Labute approximate surface area is 78.9 Å². The molecule has 0 atom stereocenters. The fourth-order valence-electron chi connectivity index (χ4n) is 0.794. The topological polar surface area (TPSA) is 63.6 Å². The largest absolute Gasteiger partial charge is 0.313 e. The molecule has 0 radical (unpaired) electrons. The number of aromatic nitrogens is 4. The number of hydrogen-bond acceptors (Lipinski definition) is 6. The molecule has 5 nitrogen and oxygen atoms in total. The number of rotatable bonds is 2. The highest BCUT2D eigenvalue weighted by Crippen LogP contribution is 2.13. The molecular weight excluding hydrogens is 186 g/mol. The van der Waals surface area contributed by atoms with Gasteiger partial charge in [0.1, 0.15) is 5.51 Å². The quantitative estimate of drug-likeness (QED) is 0.780. The van der Waals surface area contributed by atoms with Crippen molar-refractivity contribution in [2.45, 2.75) is 6.92 Å². The van der Waals surface area contributed by atoms with Gasteiger partial charge in [0.05, 0.1) is 18.1 Å². The van der Waals surface area contributed by atoms with Gasteiger partial charge in [-0.25, -0.2) is 4.98 Å². The van der Waals surface area contributed by atoms with Crippen molar-refractivity contribution in [3.05, 3.63) is 23.6 Å². The molecule has 13 heavy (non-hydrogen) atoms. The molecule has 0 bridgehead atoms. The Kier molecular flexibility index (Phi) is 2.13. The van der Waals surface area contributed by atoms with Gasteiger partial charge in [-0.05, 0) is 6.92 Å². The zero-order chi connectivity index (χ0) is 9.10. The summed E-state index contributed by atoms with van der Waals surface area (Å²) in [5, 5.41) is 11.2. The van der Waals surface area contributed by atoms with Crippen molar-refractivity contribution in [2.75, 3.05) is 5.32 Å². The van der Waals surface area contributed by atoms with Crippen LogP contribution in [0.1, 0.15) is 5.69 Å². The summed E-state index contributed by atoms with van der Waals surface area (Å²) >= 11 is 1.42. The van der Waals surface area contributed by atoms with Crippen molar-refractivity contribution in [1.82, 2.24) is 20.2 Å². The average molecular weight is 193 g/mol. The van der Waals surface area contributed by atoms with Crippen LogP contribution in [-0.2, 0) is 0 Å². The molecule has 0 aliphatic rings. The van der Waals surface area contributed by atoms with Crippen molar-refractivity contribution in [3.63, 3.8) is 0 Å². The number of nitrogens with one attached hydrogen (secondary N) is 1. The Morgan fingerprint density at radius 1 is 1.31 bits per heavy atom. The van der Waals surface area contributed by atoms with Gasteiger partial charge in [-0.15, -0.1) is 10.2 Å². The predicted octanol–water partition coefficient (Wildman–Crippen LogP) is 1.38. The minimum absolute atomic E-state index is 0.683. The van der Waals surface area contributed by atoms with Crippen LogP contribution in [0, 0.1) is 6.92 Å². The van der Waals surface area contributed by atoms with Crippen LogP contribution in [0.5, 0.6) is 0 Å². The van der Waals surface area contributed by atoms with Crippen LogP contribution in [0.15, 0.2) is 17.9 Å². The molecule has 6 heteroatoms. The first kappa shape index (κ1) is 8.06. The molecule has 0 amide bonds. The molecule has 2 heterocycles. The van der Waals surface area contributed by atoms with E-state index in [1.54, 1.807) is 17.9 Å². The van der Waals surface area contributed by atoms with Gasteiger partial charge in [0.25, 0.3) is 0 Å². The standard InChI is InChI=1S/C7H7N5S/c1-5-2-9-6(3-8-5)11-7-12-10-4-13-7/h2-4H,1H3,(H,9,11,12). The van der Waals surface area contributed by atoms with Crippen molar-refractivity contribution in [2.24, 2.45) is 0 Å². The molecule has 0 fully saturated rings. The van der Waals surface area contributed by atoms with Gasteiger partial charge in [-0.2, -0.15) is 0 Å². The molecule has 0 saturated carbocycles. The highest BCUT2D eigenvalue weighted by Gasteiger charge is 1.97. The maximum atomic E-state index is 4.12. The first-order valence-electron chi connectivity index (χ1n) is 3.66. The number of aryl methyl sites for hydroxylation is 1. The molecule has 66 valence electrons. The lowest BCUT2D eigenvalue weighted by Crippen LogP contribution is -1.94. The third-order valence-electron chi connectivity index (χ3n) is 1.38. The maximum absolute atomic E-state index is 4.12. The zero-order valence-corrected chi connectivity index (χ0v) is 7.75. The molecule has 1 N–H and O–H groups in total. The van der Waals surface area contributed by atoms with E-state index in [1.807, 2.05) is 6.92 Å². The maximum Gasteiger partial charge on any atom is 0.211 e. The number of hydrogen-bond donors (Lipinski definition) is 1. The van der Waals surface area contributed by atoms with Crippen LogP contribution in [-0.4, -0.2) is 20.2 Å². The minimum atomic E-state index is 0.683. The third kappa shape index (κ3) is 1.97. The minimum Gasteiger partial charge on any atom is -0.313 e. The summed E-state index contributed by atoms with van der Waals surface area (Å²) in [6.45, 7) is 1.89. The van der Waals surface area contributed by atoms with Crippen molar-refractivity contribution < 1.29 is 0 Å². The first-order chi connectivity index (χ1) is 6.34.